The first-order valence-electron chi connectivity index (χ1n) is 18.2. The number of ether oxygens (including phenoxy) is 1. The molecule has 274 valence electrons. The van der Waals surface area contributed by atoms with Gasteiger partial charge in [0.25, 0.3) is 5.91 Å². The third-order valence-corrected chi connectivity index (χ3v) is 13.3. The highest BCUT2D eigenvalue weighted by molar-refractivity contribution is 6.71. The number of anilines is 2. The Kier molecular flexibility index (Phi) is 10.1. The number of aromatic nitrogens is 1. The highest BCUT2D eigenvalue weighted by Crippen LogP contribution is 2.59. The Balaban J connectivity index is 1.12. The van der Waals surface area contributed by atoms with E-state index in [0.717, 1.165) is 33.2 Å². The number of H-pyrrole nitrogens is 1. The number of aliphatic hydroxyl groups excluding tert-OH is 1. The van der Waals surface area contributed by atoms with Crippen LogP contribution in [0.1, 0.15) is 35.6 Å². The van der Waals surface area contributed by atoms with Gasteiger partial charge in [-0.15, -0.1) is 0 Å². The predicted octanol–water partition coefficient (Wildman–Crippen LogP) is 6.10. The average molecular weight is 731 g/mol. The summed E-state index contributed by atoms with van der Waals surface area (Å²) < 4.78 is 6.89. The Morgan fingerprint density at radius 2 is 1.68 bits per heavy atom. The van der Waals surface area contributed by atoms with E-state index in [1.807, 2.05) is 129 Å². The number of para-hydroxylation sites is 2. The molecule has 11 heteroatoms. The fourth-order valence-corrected chi connectivity index (χ4v) is 11.0. The molecule has 5 aromatic rings. The van der Waals surface area contributed by atoms with Gasteiger partial charge < -0.3 is 34.7 Å². The van der Waals surface area contributed by atoms with Crippen LogP contribution < -0.4 is 10.2 Å². The number of aliphatic hydroxyl groups is 1. The zero-order valence-corrected chi connectivity index (χ0v) is 31.3. The standard InChI is InChI=1S/C42H46N4O6Si/c1-28-40(53(2,3)51)37(24-39(49)45(20-21-47)26-29-12-5-4-6-13-29)52-42(28)34-17-8-10-19-36(34)46(41(42)50)27-30-14-11-15-32(22-30)44-38(48)23-31-25-43-35-18-9-7-16-33(31)35/h4-19,22,25,28,37,40,43,47,51H,20-21,23-24,26-27H2,1-3H3,(H,44,48)/t28-,37+,40-,42+/m1/s1. The van der Waals surface area contributed by atoms with Crippen molar-refractivity contribution in [1.82, 2.24) is 9.88 Å². The van der Waals surface area contributed by atoms with Crippen molar-refractivity contribution < 1.29 is 29.0 Å². The summed E-state index contributed by atoms with van der Waals surface area (Å²) in [6.07, 6.45) is 1.33. The Hall–Kier alpha value is -5.07. The van der Waals surface area contributed by atoms with Crippen molar-refractivity contribution in [3.63, 3.8) is 0 Å². The van der Waals surface area contributed by atoms with Crippen molar-refractivity contribution in [2.75, 3.05) is 23.4 Å². The van der Waals surface area contributed by atoms with Crippen LogP contribution in [0.3, 0.4) is 0 Å². The lowest BCUT2D eigenvalue weighted by atomic mass is 9.82. The van der Waals surface area contributed by atoms with Crippen LogP contribution in [0.4, 0.5) is 11.4 Å². The number of carbonyl (C=O) groups is 3. The molecule has 1 fully saturated rings. The van der Waals surface area contributed by atoms with Crippen LogP contribution in [0.2, 0.25) is 18.6 Å². The molecule has 2 aliphatic rings. The van der Waals surface area contributed by atoms with Gasteiger partial charge in [-0.2, -0.15) is 0 Å². The van der Waals surface area contributed by atoms with E-state index in [9.17, 15) is 24.3 Å². The maximum atomic E-state index is 14.9. The fourth-order valence-electron chi connectivity index (χ4n) is 8.49. The van der Waals surface area contributed by atoms with Gasteiger partial charge in [-0.3, -0.25) is 14.4 Å². The van der Waals surface area contributed by atoms with Gasteiger partial charge in [0.15, 0.2) is 13.9 Å². The molecule has 2 aliphatic heterocycles. The van der Waals surface area contributed by atoms with E-state index in [1.165, 1.54) is 0 Å². The number of aromatic amines is 1. The van der Waals surface area contributed by atoms with Gasteiger partial charge in [0.05, 0.1) is 37.8 Å². The first-order valence-corrected chi connectivity index (χ1v) is 21.2. The van der Waals surface area contributed by atoms with Gasteiger partial charge >= 0.3 is 0 Å². The summed E-state index contributed by atoms with van der Waals surface area (Å²) in [5.74, 6) is -1.03. The molecule has 1 spiro atoms. The number of nitrogens with one attached hydrogen (secondary N) is 2. The molecule has 4 aromatic carbocycles. The quantitative estimate of drug-likeness (QED) is 0.115. The summed E-state index contributed by atoms with van der Waals surface area (Å²) in [6.45, 7) is 6.16. The molecule has 10 nitrogen and oxygen atoms in total. The molecule has 0 unspecified atom stereocenters. The Morgan fingerprint density at radius 1 is 0.962 bits per heavy atom. The lowest BCUT2D eigenvalue weighted by Crippen LogP contribution is -2.46. The molecule has 4 atom stereocenters. The van der Waals surface area contributed by atoms with Crippen LogP contribution in [0, 0.1) is 5.92 Å². The van der Waals surface area contributed by atoms with E-state index in [-0.39, 0.29) is 50.3 Å². The zero-order valence-electron chi connectivity index (χ0n) is 30.3. The van der Waals surface area contributed by atoms with E-state index in [0.29, 0.717) is 17.9 Å². The Labute approximate surface area is 310 Å². The number of hydrogen-bond acceptors (Lipinski definition) is 6. The molecular formula is C42H46N4O6Si. The van der Waals surface area contributed by atoms with Gasteiger partial charge in [0.2, 0.25) is 11.8 Å². The molecule has 3 heterocycles. The summed E-state index contributed by atoms with van der Waals surface area (Å²) in [4.78, 5) is 60.1. The number of fused-ring (bicyclic) bond motifs is 3. The van der Waals surface area contributed by atoms with Crippen LogP contribution in [-0.4, -0.2) is 65.1 Å². The molecule has 0 aliphatic carbocycles. The minimum absolute atomic E-state index is 0.0314. The molecular weight excluding hydrogens is 685 g/mol. The molecule has 4 N–H and O–H groups in total. The van der Waals surface area contributed by atoms with E-state index in [4.69, 9.17) is 4.74 Å². The van der Waals surface area contributed by atoms with Crippen molar-refractivity contribution in [3.8, 4) is 0 Å². The van der Waals surface area contributed by atoms with E-state index in [2.05, 4.69) is 10.3 Å². The summed E-state index contributed by atoms with van der Waals surface area (Å²) in [7, 11) is -3.01. The SMILES string of the molecule is C[C@@H]1[C@@H]([Si](C)(C)O)[C@H](CC(=O)N(CCO)Cc2ccccc2)O[C@@]12C(=O)N(Cc1cccc(NC(=O)Cc3c[nH]c4ccccc34)c1)c1ccccc12. The molecule has 53 heavy (non-hydrogen) atoms. The smallest absolute Gasteiger partial charge is 0.264 e. The molecule has 3 amide bonds. The highest BCUT2D eigenvalue weighted by Gasteiger charge is 2.66. The molecule has 1 saturated heterocycles. The third kappa shape index (κ3) is 7.05. The second-order valence-corrected chi connectivity index (χ2v) is 18.8. The summed E-state index contributed by atoms with van der Waals surface area (Å²) in [6, 6.07) is 32.6. The normalized spacial score (nSPS) is 21.0. The fraction of sp³-hybridized carbons (Fsp3) is 0.310. The van der Waals surface area contributed by atoms with Gasteiger partial charge in [-0.05, 0) is 54.0 Å². The molecule has 0 radical (unpaired) electrons. The lowest BCUT2D eigenvalue weighted by molar-refractivity contribution is -0.150. The summed E-state index contributed by atoms with van der Waals surface area (Å²) >= 11 is 0. The maximum Gasteiger partial charge on any atom is 0.264 e. The predicted molar refractivity (Wildman–Crippen MR) is 207 cm³/mol. The Bertz CT molecular complexity index is 2130. The van der Waals surface area contributed by atoms with Gasteiger partial charge in [-0.25, -0.2) is 0 Å². The minimum atomic E-state index is -3.01. The van der Waals surface area contributed by atoms with Crippen molar-refractivity contribution in [2.45, 2.75) is 63.2 Å². The van der Waals surface area contributed by atoms with E-state index in [1.54, 1.807) is 9.80 Å². The van der Waals surface area contributed by atoms with Crippen LogP contribution in [0.15, 0.2) is 109 Å². The first kappa shape index (κ1) is 36.3. The number of benzene rings is 4. The maximum absolute atomic E-state index is 14.9. The number of carbonyl (C=O) groups excluding carboxylic acids is 3. The second-order valence-electron chi connectivity index (χ2n) is 14.8. The van der Waals surface area contributed by atoms with Gasteiger partial charge in [-0.1, -0.05) is 85.8 Å². The van der Waals surface area contributed by atoms with Crippen LogP contribution in [0.5, 0.6) is 0 Å². The first-order chi connectivity index (χ1) is 25.5. The van der Waals surface area contributed by atoms with Gasteiger partial charge in [0, 0.05) is 52.9 Å². The van der Waals surface area contributed by atoms with Crippen LogP contribution in [-0.2, 0) is 44.2 Å². The number of amides is 3. The van der Waals surface area contributed by atoms with E-state index < -0.39 is 31.5 Å². The summed E-state index contributed by atoms with van der Waals surface area (Å²) in [5, 5.41) is 13.9. The van der Waals surface area contributed by atoms with Crippen LogP contribution in [0.25, 0.3) is 10.9 Å². The third-order valence-electron chi connectivity index (χ3n) is 10.8. The zero-order chi connectivity index (χ0) is 37.3. The largest absolute Gasteiger partial charge is 0.432 e. The monoisotopic (exact) mass is 730 g/mol. The number of hydrogen-bond donors (Lipinski definition) is 4. The molecule has 1 aromatic heterocycles. The highest BCUT2D eigenvalue weighted by atomic mass is 28.4. The molecule has 0 saturated carbocycles. The van der Waals surface area contributed by atoms with Crippen molar-refractivity contribution in [1.29, 1.82) is 0 Å². The van der Waals surface area contributed by atoms with Crippen LogP contribution >= 0.6 is 0 Å². The Morgan fingerprint density at radius 3 is 2.45 bits per heavy atom. The minimum Gasteiger partial charge on any atom is -0.432 e. The van der Waals surface area contributed by atoms with Gasteiger partial charge in [0.1, 0.15) is 0 Å². The second kappa shape index (κ2) is 14.7. The van der Waals surface area contributed by atoms with E-state index >= 15 is 0 Å². The molecule has 0 bridgehead atoms. The summed E-state index contributed by atoms with van der Waals surface area (Å²) in [5.41, 5.74) is 3.89. The molecule has 7 rings (SSSR count). The lowest BCUT2D eigenvalue weighted by Gasteiger charge is -2.32. The van der Waals surface area contributed by atoms with Crippen molar-refractivity contribution in [2.24, 2.45) is 5.92 Å². The average Bonchev–Trinajstić information content (AvgIpc) is 3.75. The number of nitrogens with zero attached hydrogens (tertiary/aromatic N) is 2. The van der Waals surface area contributed by atoms with Crippen molar-refractivity contribution in [3.05, 3.63) is 132 Å². The van der Waals surface area contributed by atoms with Crippen molar-refractivity contribution >= 4 is 48.3 Å². The topological polar surface area (TPSA) is 135 Å². The number of rotatable bonds is 12.